The van der Waals surface area contributed by atoms with E-state index in [1.807, 2.05) is 12.1 Å². The van der Waals surface area contributed by atoms with Crippen LogP contribution in [0.25, 0.3) is 0 Å². The molecule has 1 unspecified atom stereocenters. The fourth-order valence-corrected chi connectivity index (χ4v) is 2.00. The quantitative estimate of drug-likeness (QED) is 0.696. The lowest BCUT2D eigenvalue weighted by atomic mass is 10.0. The third kappa shape index (κ3) is 2.07. The Balaban J connectivity index is 2.24. The van der Waals surface area contributed by atoms with Crippen molar-refractivity contribution in [2.24, 2.45) is 0 Å². The number of nitrogens with zero attached hydrogens (tertiary/aromatic N) is 4. The molecular weight excluding hydrogens is 188 g/mol. The predicted molar refractivity (Wildman–Crippen MR) is 57.4 cm³/mol. The number of hydrogen-bond donors (Lipinski definition) is 0. The van der Waals surface area contributed by atoms with Gasteiger partial charge in [0.05, 0.1) is 0 Å². The first kappa shape index (κ1) is 9.91. The monoisotopic (exact) mass is 202 g/mol. The van der Waals surface area contributed by atoms with Gasteiger partial charge < -0.3 is 4.90 Å². The molecule has 0 N–H and O–H groups in total. The average Bonchev–Trinajstić information content (AvgIpc) is 2.30. The minimum absolute atomic E-state index is 0.255. The van der Waals surface area contributed by atoms with E-state index in [9.17, 15) is 0 Å². The number of nitriles is 1. The third-order valence-corrected chi connectivity index (χ3v) is 2.84. The first-order chi connectivity index (χ1) is 7.31. The molecule has 1 fully saturated rings. The van der Waals surface area contributed by atoms with Crippen LogP contribution in [-0.4, -0.2) is 22.6 Å². The van der Waals surface area contributed by atoms with E-state index >= 15 is 0 Å². The molecule has 0 saturated carbocycles. The summed E-state index contributed by atoms with van der Waals surface area (Å²) >= 11 is 0. The highest BCUT2D eigenvalue weighted by molar-refractivity contribution is 5.40. The SMILES string of the molecule is CC1CCCCN1c1ccnc(C#N)n1. The summed E-state index contributed by atoms with van der Waals surface area (Å²) in [5.74, 6) is 1.14. The van der Waals surface area contributed by atoms with Gasteiger partial charge >= 0.3 is 0 Å². The number of rotatable bonds is 1. The van der Waals surface area contributed by atoms with Gasteiger partial charge in [0.1, 0.15) is 11.9 Å². The summed E-state index contributed by atoms with van der Waals surface area (Å²) in [5, 5.41) is 8.73. The smallest absolute Gasteiger partial charge is 0.234 e. The van der Waals surface area contributed by atoms with E-state index in [0.717, 1.165) is 12.4 Å². The topological polar surface area (TPSA) is 52.8 Å². The van der Waals surface area contributed by atoms with Crippen LogP contribution in [0.15, 0.2) is 12.3 Å². The fraction of sp³-hybridized carbons (Fsp3) is 0.545. The molecule has 2 rings (SSSR count). The lowest BCUT2D eigenvalue weighted by Gasteiger charge is -2.34. The molecule has 1 saturated heterocycles. The highest BCUT2D eigenvalue weighted by Crippen LogP contribution is 2.22. The van der Waals surface area contributed by atoms with Crippen LogP contribution in [0.1, 0.15) is 32.0 Å². The van der Waals surface area contributed by atoms with Crippen LogP contribution in [0.4, 0.5) is 5.82 Å². The Morgan fingerprint density at radius 1 is 1.53 bits per heavy atom. The Kier molecular flexibility index (Phi) is 2.82. The maximum Gasteiger partial charge on any atom is 0.234 e. The molecule has 15 heavy (non-hydrogen) atoms. The van der Waals surface area contributed by atoms with Gasteiger partial charge in [-0.15, -0.1) is 0 Å². The maximum absolute atomic E-state index is 8.73. The van der Waals surface area contributed by atoms with Crippen LogP contribution in [0.5, 0.6) is 0 Å². The van der Waals surface area contributed by atoms with Gasteiger partial charge in [-0.25, -0.2) is 9.97 Å². The van der Waals surface area contributed by atoms with Crippen LogP contribution in [-0.2, 0) is 0 Å². The molecule has 1 atom stereocenters. The van der Waals surface area contributed by atoms with E-state index in [-0.39, 0.29) is 5.82 Å². The molecule has 0 aliphatic carbocycles. The number of hydrogen-bond acceptors (Lipinski definition) is 4. The zero-order valence-corrected chi connectivity index (χ0v) is 8.85. The molecule has 4 heteroatoms. The van der Waals surface area contributed by atoms with Gasteiger partial charge in [0, 0.05) is 18.8 Å². The molecule has 1 aromatic rings. The van der Waals surface area contributed by atoms with Gasteiger partial charge in [0.2, 0.25) is 5.82 Å². The Morgan fingerprint density at radius 2 is 2.40 bits per heavy atom. The Morgan fingerprint density at radius 3 is 3.13 bits per heavy atom. The molecule has 4 nitrogen and oxygen atoms in total. The second-order valence-electron chi connectivity index (χ2n) is 3.89. The summed E-state index contributed by atoms with van der Waals surface area (Å²) in [4.78, 5) is 10.4. The zero-order valence-electron chi connectivity index (χ0n) is 8.85. The number of aromatic nitrogens is 2. The van der Waals surface area contributed by atoms with Crippen LogP contribution in [0, 0.1) is 11.3 Å². The molecule has 0 radical (unpaired) electrons. The number of anilines is 1. The van der Waals surface area contributed by atoms with E-state index in [1.165, 1.54) is 19.3 Å². The second-order valence-corrected chi connectivity index (χ2v) is 3.89. The molecule has 0 aromatic carbocycles. The largest absolute Gasteiger partial charge is 0.354 e. The van der Waals surface area contributed by atoms with Crippen molar-refractivity contribution in [3.8, 4) is 6.07 Å². The van der Waals surface area contributed by atoms with Crippen molar-refractivity contribution in [1.82, 2.24) is 9.97 Å². The van der Waals surface area contributed by atoms with Crippen molar-refractivity contribution >= 4 is 5.82 Å². The Bertz CT molecular complexity index is 382. The first-order valence-electron chi connectivity index (χ1n) is 5.31. The van der Waals surface area contributed by atoms with Crippen molar-refractivity contribution in [3.05, 3.63) is 18.1 Å². The maximum atomic E-state index is 8.73. The summed E-state index contributed by atoms with van der Waals surface area (Å²) in [6.07, 6.45) is 5.35. The van der Waals surface area contributed by atoms with Crippen LogP contribution in [0.2, 0.25) is 0 Å². The van der Waals surface area contributed by atoms with Gasteiger partial charge in [-0.2, -0.15) is 5.26 Å². The average molecular weight is 202 g/mol. The summed E-state index contributed by atoms with van der Waals surface area (Å²) in [7, 11) is 0. The summed E-state index contributed by atoms with van der Waals surface area (Å²) in [5.41, 5.74) is 0. The summed E-state index contributed by atoms with van der Waals surface area (Å²) < 4.78 is 0. The third-order valence-electron chi connectivity index (χ3n) is 2.84. The Labute approximate surface area is 89.6 Å². The molecule has 0 spiro atoms. The first-order valence-corrected chi connectivity index (χ1v) is 5.31. The molecule has 1 aliphatic rings. The fourth-order valence-electron chi connectivity index (χ4n) is 2.00. The van der Waals surface area contributed by atoms with E-state index in [1.54, 1.807) is 6.20 Å². The van der Waals surface area contributed by atoms with Crippen molar-refractivity contribution in [2.45, 2.75) is 32.2 Å². The minimum Gasteiger partial charge on any atom is -0.354 e. The molecule has 1 aliphatic heterocycles. The normalized spacial score (nSPS) is 21.1. The lowest BCUT2D eigenvalue weighted by molar-refractivity contribution is 0.481. The van der Waals surface area contributed by atoms with Gasteiger partial charge in [-0.3, -0.25) is 0 Å². The minimum atomic E-state index is 0.255. The van der Waals surface area contributed by atoms with Gasteiger partial charge in [-0.05, 0) is 32.3 Å². The zero-order chi connectivity index (χ0) is 10.7. The van der Waals surface area contributed by atoms with Crippen LogP contribution < -0.4 is 4.90 Å². The predicted octanol–water partition coefficient (Wildman–Crippen LogP) is 1.73. The summed E-state index contributed by atoms with van der Waals surface area (Å²) in [6, 6.07) is 4.36. The highest BCUT2D eigenvalue weighted by atomic mass is 15.2. The lowest BCUT2D eigenvalue weighted by Crippen LogP contribution is -2.38. The van der Waals surface area contributed by atoms with Crippen LogP contribution >= 0.6 is 0 Å². The standard InChI is InChI=1S/C11H14N4/c1-9-4-2-3-7-15(9)11-5-6-13-10(8-12)14-11/h5-6,9H,2-4,7H2,1H3. The molecule has 0 bridgehead atoms. The van der Waals surface area contributed by atoms with Crippen molar-refractivity contribution in [1.29, 1.82) is 5.26 Å². The van der Waals surface area contributed by atoms with Gasteiger partial charge in [0.15, 0.2) is 0 Å². The van der Waals surface area contributed by atoms with E-state index < -0.39 is 0 Å². The van der Waals surface area contributed by atoms with Gasteiger partial charge in [-0.1, -0.05) is 0 Å². The molecular formula is C11H14N4. The van der Waals surface area contributed by atoms with Crippen LogP contribution in [0.3, 0.4) is 0 Å². The molecule has 2 heterocycles. The van der Waals surface area contributed by atoms with Gasteiger partial charge in [0.25, 0.3) is 0 Å². The van der Waals surface area contributed by atoms with Crippen molar-refractivity contribution in [2.75, 3.05) is 11.4 Å². The second kappa shape index (κ2) is 4.26. The highest BCUT2D eigenvalue weighted by Gasteiger charge is 2.19. The van der Waals surface area contributed by atoms with E-state index in [4.69, 9.17) is 5.26 Å². The molecule has 78 valence electrons. The van der Waals surface area contributed by atoms with E-state index in [2.05, 4.69) is 21.8 Å². The summed E-state index contributed by atoms with van der Waals surface area (Å²) in [6.45, 7) is 3.23. The van der Waals surface area contributed by atoms with Crippen molar-refractivity contribution < 1.29 is 0 Å². The Hall–Kier alpha value is -1.63. The van der Waals surface area contributed by atoms with Crippen molar-refractivity contribution in [3.63, 3.8) is 0 Å². The molecule has 1 aromatic heterocycles. The number of piperidine rings is 1. The van der Waals surface area contributed by atoms with E-state index in [0.29, 0.717) is 6.04 Å². The molecule has 0 amide bonds.